The number of hydrogen-bond acceptors (Lipinski definition) is 7. The fourth-order valence-corrected chi connectivity index (χ4v) is 4.64. The highest BCUT2D eigenvalue weighted by atomic mass is 16.4. The van der Waals surface area contributed by atoms with Crippen LogP contribution in [0, 0.1) is 5.92 Å². The molecule has 0 bridgehead atoms. The Morgan fingerprint density at radius 1 is 0.977 bits per heavy atom. The van der Waals surface area contributed by atoms with Gasteiger partial charge in [-0.05, 0) is 30.4 Å². The van der Waals surface area contributed by atoms with Gasteiger partial charge in [-0.3, -0.25) is 19.4 Å². The lowest BCUT2D eigenvalue weighted by molar-refractivity contribution is -0.142. The standard InChI is InChI=1S/C29H42N10O5/c1-3-16(2)24(30)27(42)38-22(12-18-14-33-15-36-18)26(41)37-21(9-6-10-34-29(31)32)25(40)39-23(28(43)44)11-17-13-35-20-8-5-4-7-19(17)20/h4-5,7-8,13-16,21-24,35H,3,6,9-12,30H2,1-2H3,(H,33,36)(H,37,41)(H,38,42)(H,39,40)(H,43,44)(H4,31,32,34). The predicted octanol–water partition coefficient (Wildman–Crippen LogP) is -0.358. The Labute approximate surface area is 254 Å². The lowest BCUT2D eigenvalue weighted by Crippen LogP contribution is -2.58. The number of fused-ring (bicyclic) bond motifs is 1. The van der Waals surface area contributed by atoms with Crippen LogP contribution in [0.3, 0.4) is 0 Å². The molecular weight excluding hydrogens is 568 g/mol. The first-order valence-electron chi connectivity index (χ1n) is 14.5. The van der Waals surface area contributed by atoms with E-state index in [1.165, 1.54) is 12.5 Å². The number of aliphatic imine (C=N–C) groups is 1. The third-order valence-electron chi connectivity index (χ3n) is 7.46. The molecule has 5 atom stereocenters. The van der Waals surface area contributed by atoms with Gasteiger partial charge in [-0.1, -0.05) is 38.5 Å². The van der Waals surface area contributed by atoms with E-state index in [2.05, 4.69) is 35.9 Å². The van der Waals surface area contributed by atoms with Gasteiger partial charge in [0, 0.05) is 48.4 Å². The number of imidazole rings is 1. The molecule has 0 spiro atoms. The topological polar surface area (TPSA) is 259 Å². The van der Waals surface area contributed by atoms with Gasteiger partial charge < -0.3 is 48.2 Å². The molecule has 15 nitrogen and oxygen atoms in total. The van der Waals surface area contributed by atoms with Crippen molar-refractivity contribution in [3.8, 4) is 0 Å². The van der Waals surface area contributed by atoms with Crippen molar-refractivity contribution in [1.29, 1.82) is 0 Å². The van der Waals surface area contributed by atoms with E-state index in [9.17, 15) is 24.3 Å². The number of rotatable bonds is 17. The van der Waals surface area contributed by atoms with Gasteiger partial charge in [-0.25, -0.2) is 9.78 Å². The van der Waals surface area contributed by atoms with Crippen molar-refractivity contribution >= 4 is 40.6 Å². The van der Waals surface area contributed by atoms with Crippen molar-refractivity contribution in [1.82, 2.24) is 30.9 Å². The summed E-state index contributed by atoms with van der Waals surface area (Å²) in [5.74, 6) is -3.38. The first-order valence-corrected chi connectivity index (χ1v) is 14.5. The molecule has 238 valence electrons. The average Bonchev–Trinajstić information content (AvgIpc) is 3.66. The van der Waals surface area contributed by atoms with Crippen LogP contribution in [-0.4, -0.2) is 80.4 Å². The second-order valence-electron chi connectivity index (χ2n) is 10.7. The summed E-state index contributed by atoms with van der Waals surface area (Å²) < 4.78 is 0. The number of para-hydroxylation sites is 1. The molecule has 1 aromatic carbocycles. The Bertz CT molecular complexity index is 1430. The molecule has 0 aliphatic heterocycles. The van der Waals surface area contributed by atoms with Crippen molar-refractivity contribution in [3.05, 3.63) is 54.2 Å². The first kappa shape index (κ1) is 33.6. The summed E-state index contributed by atoms with van der Waals surface area (Å²) in [4.78, 5) is 66.1. The van der Waals surface area contributed by atoms with Gasteiger partial charge in [0.25, 0.3) is 0 Å². The number of benzene rings is 1. The largest absolute Gasteiger partial charge is 0.480 e. The maximum atomic E-state index is 13.6. The number of aromatic amines is 2. The fourth-order valence-electron chi connectivity index (χ4n) is 4.64. The number of nitrogens with one attached hydrogen (secondary N) is 5. The number of aliphatic carboxylic acids is 1. The fraction of sp³-hybridized carbons (Fsp3) is 0.448. The first-order chi connectivity index (χ1) is 21.0. The molecule has 5 unspecified atom stereocenters. The van der Waals surface area contributed by atoms with Crippen LogP contribution in [0.2, 0.25) is 0 Å². The minimum Gasteiger partial charge on any atom is -0.480 e. The Kier molecular flexibility index (Phi) is 12.3. The maximum absolute atomic E-state index is 13.6. The van der Waals surface area contributed by atoms with Crippen molar-refractivity contribution < 1.29 is 24.3 Å². The van der Waals surface area contributed by atoms with Crippen molar-refractivity contribution in [2.24, 2.45) is 28.1 Å². The van der Waals surface area contributed by atoms with E-state index in [1.54, 1.807) is 6.20 Å². The molecular formula is C29H42N10O5. The molecule has 2 aromatic heterocycles. The highest BCUT2D eigenvalue weighted by Gasteiger charge is 2.31. The lowest BCUT2D eigenvalue weighted by atomic mass is 9.98. The minimum atomic E-state index is -1.28. The molecule has 0 saturated carbocycles. The van der Waals surface area contributed by atoms with E-state index in [0.29, 0.717) is 24.1 Å². The molecule has 44 heavy (non-hydrogen) atoms. The van der Waals surface area contributed by atoms with Gasteiger partial charge >= 0.3 is 5.97 Å². The van der Waals surface area contributed by atoms with Gasteiger partial charge in [0.2, 0.25) is 17.7 Å². The normalized spacial score (nSPS) is 14.5. The molecule has 3 rings (SSSR count). The Morgan fingerprint density at radius 2 is 1.66 bits per heavy atom. The second kappa shape index (κ2) is 16.1. The van der Waals surface area contributed by atoms with E-state index in [0.717, 1.165) is 10.9 Å². The third kappa shape index (κ3) is 9.55. The number of carboxylic acid groups (broad SMARTS) is 1. The Balaban J connectivity index is 1.80. The van der Waals surface area contributed by atoms with Crippen molar-refractivity contribution in [3.63, 3.8) is 0 Å². The zero-order chi connectivity index (χ0) is 32.2. The number of aromatic nitrogens is 3. The second-order valence-corrected chi connectivity index (χ2v) is 10.7. The van der Waals surface area contributed by atoms with Gasteiger partial charge in [0.15, 0.2) is 5.96 Å². The SMILES string of the molecule is CCC(C)C(N)C(=O)NC(Cc1cnc[nH]1)C(=O)NC(CCCN=C(N)N)C(=O)NC(Cc1c[nH]c2ccccc12)C(=O)O. The van der Waals surface area contributed by atoms with Gasteiger partial charge in [0.1, 0.15) is 18.1 Å². The number of hydrogen-bond donors (Lipinski definition) is 9. The van der Waals surface area contributed by atoms with E-state index >= 15 is 0 Å². The number of guanidine groups is 1. The Hall–Kier alpha value is -4.92. The number of nitrogens with two attached hydrogens (primary N) is 3. The molecule has 15 heteroatoms. The predicted molar refractivity (Wildman–Crippen MR) is 165 cm³/mol. The summed E-state index contributed by atoms with van der Waals surface area (Å²) in [5, 5.41) is 18.7. The maximum Gasteiger partial charge on any atom is 0.326 e. The Morgan fingerprint density at radius 3 is 2.32 bits per heavy atom. The summed E-state index contributed by atoms with van der Waals surface area (Å²) in [6, 6.07) is 3.02. The van der Waals surface area contributed by atoms with Crippen LogP contribution < -0.4 is 33.2 Å². The molecule has 0 aliphatic carbocycles. The summed E-state index contributed by atoms with van der Waals surface area (Å²) in [7, 11) is 0. The van der Waals surface area contributed by atoms with Crippen LogP contribution in [0.1, 0.15) is 44.4 Å². The van der Waals surface area contributed by atoms with E-state index < -0.39 is 47.9 Å². The van der Waals surface area contributed by atoms with Crippen LogP contribution in [0.4, 0.5) is 0 Å². The molecule has 2 heterocycles. The smallest absolute Gasteiger partial charge is 0.326 e. The van der Waals surface area contributed by atoms with Crippen LogP contribution in [0.25, 0.3) is 10.9 Å². The van der Waals surface area contributed by atoms with Gasteiger partial charge in [-0.15, -0.1) is 0 Å². The number of nitrogens with zero attached hydrogens (tertiary/aromatic N) is 2. The molecule has 0 saturated heterocycles. The third-order valence-corrected chi connectivity index (χ3v) is 7.46. The molecule has 3 aromatic rings. The van der Waals surface area contributed by atoms with E-state index in [-0.39, 0.29) is 37.7 Å². The van der Waals surface area contributed by atoms with Crippen LogP contribution in [0.5, 0.6) is 0 Å². The quantitative estimate of drug-likeness (QED) is 0.0548. The summed E-state index contributed by atoms with van der Waals surface area (Å²) in [5.41, 5.74) is 19.0. The molecule has 0 aliphatic rings. The van der Waals surface area contributed by atoms with Crippen molar-refractivity contribution in [2.45, 2.75) is 70.1 Å². The summed E-state index contributed by atoms with van der Waals surface area (Å²) in [6.07, 6.45) is 5.76. The molecule has 12 N–H and O–H groups in total. The number of carbonyl (C=O) groups excluding carboxylic acids is 3. The zero-order valence-electron chi connectivity index (χ0n) is 24.9. The summed E-state index contributed by atoms with van der Waals surface area (Å²) in [6.45, 7) is 3.92. The lowest BCUT2D eigenvalue weighted by Gasteiger charge is -2.26. The molecule has 0 radical (unpaired) electrons. The highest BCUT2D eigenvalue weighted by molar-refractivity contribution is 5.94. The monoisotopic (exact) mass is 610 g/mol. The van der Waals surface area contributed by atoms with Gasteiger partial charge in [0.05, 0.1) is 12.4 Å². The molecule has 3 amide bonds. The minimum absolute atomic E-state index is 0.00572. The van der Waals surface area contributed by atoms with E-state index in [1.807, 2.05) is 38.1 Å². The zero-order valence-corrected chi connectivity index (χ0v) is 24.9. The van der Waals surface area contributed by atoms with Crippen LogP contribution >= 0.6 is 0 Å². The van der Waals surface area contributed by atoms with E-state index in [4.69, 9.17) is 17.2 Å². The summed E-state index contributed by atoms with van der Waals surface area (Å²) >= 11 is 0. The highest BCUT2D eigenvalue weighted by Crippen LogP contribution is 2.19. The average molecular weight is 611 g/mol. The van der Waals surface area contributed by atoms with Crippen LogP contribution in [0.15, 0.2) is 48.0 Å². The number of amides is 3. The van der Waals surface area contributed by atoms with Gasteiger partial charge in [-0.2, -0.15) is 0 Å². The van der Waals surface area contributed by atoms with Crippen molar-refractivity contribution in [2.75, 3.05) is 6.54 Å². The number of carbonyl (C=O) groups is 4. The molecule has 0 fully saturated rings. The van der Waals surface area contributed by atoms with Crippen LogP contribution in [-0.2, 0) is 32.0 Å². The number of carboxylic acids is 1. The number of H-pyrrole nitrogens is 2.